The van der Waals surface area contributed by atoms with Gasteiger partial charge >= 0.3 is 11.3 Å². The van der Waals surface area contributed by atoms with Crippen LogP contribution in [-0.2, 0) is 20.3 Å². The number of sulfone groups is 1. The fraction of sp³-hybridized carbons (Fsp3) is 0.526. The summed E-state index contributed by atoms with van der Waals surface area (Å²) in [5, 5.41) is 10.1. The Bertz CT molecular complexity index is 951. The summed E-state index contributed by atoms with van der Waals surface area (Å²) in [6.45, 7) is 9.15. The van der Waals surface area contributed by atoms with Crippen molar-refractivity contribution in [3.05, 3.63) is 40.7 Å². The van der Waals surface area contributed by atoms with Gasteiger partial charge in [0.15, 0.2) is 0 Å². The van der Waals surface area contributed by atoms with Gasteiger partial charge in [-0.2, -0.15) is 0 Å². The van der Waals surface area contributed by atoms with Gasteiger partial charge in [-0.1, -0.05) is 42.7 Å². The second-order valence-electron chi connectivity index (χ2n) is 8.12. The molecule has 0 spiro atoms. The molecule has 10 heteroatoms. The number of hydrogen-bond donors (Lipinski definition) is 1. The van der Waals surface area contributed by atoms with Crippen LogP contribution in [0.5, 0.6) is 0 Å². The molecular formula is C19H26ClN3O5S. The van der Waals surface area contributed by atoms with E-state index in [1.165, 1.54) is 0 Å². The molecule has 1 N–H and O–H groups in total. The molecule has 1 atom stereocenters. The van der Waals surface area contributed by atoms with Crippen molar-refractivity contribution in [2.45, 2.75) is 63.7 Å². The molecule has 0 saturated heterocycles. The van der Waals surface area contributed by atoms with E-state index in [9.17, 15) is 13.2 Å². The summed E-state index contributed by atoms with van der Waals surface area (Å²) in [6, 6.07) is 5.85. The fourth-order valence-corrected chi connectivity index (χ4v) is 3.87. The molecule has 0 fully saturated rings. The van der Waals surface area contributed by atoms with Crippen molar-refractivity contribution in [1.29, 1.82) is 0 Å². The number of carbonyl (C=O) groups is 1. The molecule has 0 aliphatic heterocycles. The Kier molecular flexibility index (Phi) is 7.29. The third kappa shape index (κ3) is 7.32. The molecule has 1 amide bonds. The lowest BCUT2D eigenvalue weighted by Crippen LogP contribution is -2.35. The molecule has 0 bridgehead atoms. The Morgan fingerprint density at radius 3 is 2.55 bits per heavy atom. The van der Waals surface area contributed by atoms with E-state index in [1.807, 2.05) is 13.8 Å². The SMILES string of the molecule is CC(C)C[C@@H](NC(=O)OC(C)(C)C)c1nnc(S(=O)(=O)Cc2cccc(Cl)c2)o1. The maximum Gasteiger partial charge on any atom is 0.408 e. The van der Waals surface area contributed by atoms with Crippen LogP contribution in [0.3, 0.4) is 0 Å². The number of carbonyl (C=O) groups excluding carboxylic acids is 1. The highest BCUT2D eigenvalue weighted by Gasteiger charge is 2.29. The van der Waals surface area contributed by atoms with E-state index in [0.717, 1.165) is 0 Å². The maximum atomic E-state index is 12.6. The Morgan fingerprint density at radius 2 is 1.97 bits per heavy atom. The standard InChI is InChI=1S/C19H26ClN3O5S/c1-12(2)9-15(21-17(24)28-19(3,4)5)16-22-23-18(27-16)29(25,26)11-13-7-6-8-14(20)10-13/h6-8,10,12,15H,9,11H2,1-5H3,(H,21,24)/t15-/m1/s1. The minimum Gasteiger partial charge on any atom is -0.444 e. The van der Waals surface area contributed by atoms with Gasteiger partial charge < -0.3 is 14.5 Å². The summed E-state index contributed by atoms with van der Waals surface area (Å²) in [4.78, 5) is 12.1. The molecule has 1 heterocycles. The summed E-state index contributed by atoms with van der Waals surface area (Å²) in [7, 11) is -3.87. The van der Waals surface area contributed by atoms with Crippen molar-refractivity contribution in [1.82, 2.24) is 15.5 Å². The van der Waals surface area contributed by atoms with Crippen LogP contribution >= 0.6 is 11.6 Å². The number of amides is 1. The number of ether oxygens (including phenoxy) is 1. The van der Waals surface area contributed by atoms with Crippen LogP contribution in [0.25, 0.3) is 0 Å². The molecule has 0 aliphatic rings. The van der Waals surface area contributed by atoms with E-state index in [0.29, 0.717) is 17.0 Å². The first-order valence-corrected chi connectivity index (χ1v) is 11.2. The van der Waals surface area contributed by atoms with Crippen LogP contribution in [0, 0.1) is 5.92 Å². The van der Waals surface area contributed by atoms with Crippen molar-refractivity contribution >= 4 is 27.5 Å². The van der Waals surface area contributed by atoms with Gasteiger partial charge in [-0.05, 0) is 50.8 Å². The lowest BCUT2D eigenvalue weighted by atomic mass is 10.0. The molecule has 0 radical (unpaired) electrons. The molecule has 160 valence electrons. The highest BCUT2D eigenvalue weighted by Crippen LogP contribution is 2.24. The van der Waals surface area contributed by atoms with E-state index in [1.54, 1.807) is 45.0 Å². The monoisotopic (exact) mass is 443 g/mol. The number of aromatic nitrogens is 2. The van der Waals surface area contributed by atoms with Gasteiger partial charge in [-0.25, -0.2) is 13.2 Å². The molecular weight excluding hydrogens is 418 g/mol. The van der Waals surface area contributed by atoms with Gasteiger partial charge in [0.05, 0.1) is 5.75 Å². The van der Waals surface area contributed by atoms with E-state index in [4.69, 9.17) is 20.8 Å². The van der Waals surface area contributed by atoms with Crippen molar-refractivity contribution in [3.8, 4) is 0 Å². The number of rotatable bonds is 7. The van der Waals surface area contributed by atoms with Crippen LogP contribution in [-0.4, -0.2) is 30.3 Å². The average molecular weight is 444 g/mol. The Labute approximate surface area is 175 Å². The van der Waals surface area contributed by atoms with Gasteiger partial charge in [0.25, 0.3) is 0 Å². The quantitative estimate of drug-likeness (QED) is 0.678. The molecule has 8 nitrogen and oxygen atoms in total. The van der Waals surface area contributed by atoms with Crippen molar-refractivity contribution in [2.75, 3.05) is 0 Å². The van der Waals surface area contributed by atoms with E-state index in [-0.39, 0.29) is 17.6 Å². The zero-order valence-corrected chi connectivity index (χ0v) is 18.7. The maximum absolute atomic E-state index is 12.6. The molecule has 2 rings (SSSR count). The number of halogens is 1. The predicted molar refractivity (Wildman–Crippen MR) is 108 cm³/mol. The molecule has 29 heavy (non-hydrogen) atoms. The largest absolute Gasteiger partial charge is 0.444 e. The number of benzene rings is 1. The number of nitrogens with one attached hydrogen (secondary N) is 1. The lowest BCUT2D eigenvalue weighted by Gasteiger charge is -2.22. The summed E-state index contributed by atoms with van der Waals surface area (Å²) < 4.78 is 36.0. The number of nitrogens with zero attached hydrogens (tertiary/aromatic N) is 2. The molecule has 0 unspecified atom stereocenters. The summed E-state index contributed by atoms with van der Waals surface area (Å²) >= 11 is 5.91. The van der Waals surface area contributed by atoms with E-state index in [2.05, 4.69) is 15.5 Å². The Hall–Kier alpha value is -2.13. The summed E-state index contributed by atoms with van der Waals surface area (Å²) in [5.74, 6) is -0.147. The van der Waals surface area contributed by atoms with Crippen LogP contribution in [0.4, 0.5) is 4.79 Å². The van der Waals surface area contributed by atoms with Gasteiger partial charge in [0, 0.05) is 5.02 Å². The predicted octanol–water partition coefficient (Wildman–Crippen LogP) is 4.31. The number of hydrogen-bond acceptors (Lipinski definition) is 7. The first kappa shape index (κ1) is 23.2. The third-order valence-electron chi connectivity index (χ3n) is 3.63. The highest BCUT2D eigenvalue weighted by atomic mass is 35.5. The van der Waals surface area contributed by atoms with Gasteiger partial charge in [-0.15, -0.1) is 5.10 Å². The van der Waals surface area contributed by atoms with E-state index < -0.39 is 32.8 Å². The lowest BCUT2D eigenvalue weighted by molar-refractivity contribution is 0.0487. The fourth-order valence-electron chi connectivity index (χ4n) is 2.54. The number of alkyl carbamates (subject to hydrolysis) is 1. The van der Waals surface area contributed by atoms with Crippen LogP contribution in [0.1, 0.15) is 58.5 Å². The minimum absolute atomic E-state index is 0.00854. The van der Waals surface area contributed by atoms with Gasteiger partial charge in [-0.3, -0.25) is 0 Å². The first-order chi connectivity index (χ1) is 13.4. The van der Waals surface area contributed by atoms with Crippen molar-refractivity contribution in [3.63, 3.8) is 0 Å². The molecule has 2 aromatic rings. The normalized spacial score (nSPS) is 13.3. The zero-order chi connectivity index (χ0) is 21.8. The van der Waals surface area contributed by atoms with Crippen LogP contribution in [0.15, 0.2) is 33.9 Å². The second-order valence-corrected chi connectivity index (χ2v) is 10.4. The summed E-state index contributed by atoms with van der Waals surface area (Å²) in [6.07, 6.45) is -0.181. The van der Waals surface area contributed by atoms with Crippen LogP contribution in [0.2, 0.25) is 5.02 Å². The smallest absolute Gasteiger partial charge is 0.408 e. The zero-order valence-electron chi connectivity index (χ0n) is 17.1. The molecule has 1 aromatic carbocycles. The van der Waals surface area contributed by atoms with Crippen LogP contribution < -0.4 is 5.32 Å². The first-order valence-electron chi connectivity index (χ1n) is 9.16. The van der Waals surface area contributed by atoms with Crippen molar-refractivity contribution < 1.29 is 22.4 Å². The molecule has 0 saturated carbocycles. The average Bonchev–Trinajstić information content (AvgIpc) is 3.02. The van der Waals surface area contributed by atoms with Crippen molar-refractivity contribution in [2.24, 2.45) is 5.92 Å². The Balaban J connectivity index is 2.21. The Morgan fingerprint density at radius 1 is 1.28 bits per heavy atom. The highest BCUT2D eigenvalue weighted by molar-refractivity contribution is 7.90. The van der Waals surface area contributed by atoms with Gasteiger partial charge in [0.2, 0.25) is 15.7 Å². The molecule has 1 aromatic heterocycles. The minimum atomic E-state index is -3.87. The molecule has 0 aliphatic carbocycles. The third-order valence-corrected chi connectivity index (χ3v) is 5.28. The summed E-state index contributed by atoms with van der Waals surface area (Å²) in [5.41, 5.74) is -0.171. The van der Waals surface area contributed by atoms with Gasteiger partial charge in [0.1, 0.15) is 11.6 Å². The topological polar surface area (TPSA) is 111 Å². The second kappa shape index (κ2) is 9.13. The van der Waals surface area contributed by atoms with E-state index >= 15 is 0 Å².